The SMILES string of the molecule is CC1CCC(c2cn(CC(F)(F)F)c(=O)[nH]c2=O)O1. The number of hydrogen-bond acceptors (Lipinski definition) is 3. The minimum absolute atomic E-state index is 0.0487. The number of ether oxygens (including phenoxy) is 1. The van der Waals surface area contributed by atoms with Crippen LogP contribution in [0.4, 0.5) is 13.2 Å². The lowest BCUT2D eigenvalue weighted by Crippen LogP contribution is -2.36. The second-order valence-corrected chi connectivity index (χ2v) is 4.60. The first-order chi connectivity index (χ1) is 8.76. The molecule has 106 valence electrons. The Morgan fingerprint density at radius 2 is 2.11 bits per heavy atom. The smallest absolute Gasteiger partial charge is 0.370 e. The van der Waals surface area contributed by atoms with Gasteiger partial charge in [0.2, 0.25) is 0 Å². The van der Waals surface area contributed by atoms with E-state index < -0.39 is 30.1 Å². The lowest BCUT2D eigenvalue weighted by molar-refractivity contribution is -0.141. The lowest BCUT2D eigenvalue weighted by atomic mass is 10.1. The fourth-order valence-electron chi connectivity index (χ4n) is 2.10. The van der Waals surface area contributed by atoms with Crippen LogP contribution >= 0.6 is 0 Å². The van der Waals surface area contributed by atoms with Crippen molar-refractivity contribution in [2.45, 2.75) is 44.7 Å². The summed E-state index contributed by atoms with van der Waals surface area (Å²) < 4.78 is 42.8. The van der Waals surface area contributed by atoms with Gasteiger partial charge in [0.1, 0.15) is 6.54 Å². The number of hydrogen-bond donors (Lipinski definition) is 1. The van der Waals surface area contributed by atoms with E-state index in [2.05, 4.69) is 0 Å². The fourth-order valence-corrected chi connectivity index (χ4v) is 2.10. The number of halogens is 3. The Labute approximate surface area is 106 Å². The minimum atomic E-state index is -4.52. The molecule has 0 spiro atoms. The number of nitrogens with one attached hydrogen (secondary N) is 1. The first-order valence-electron chi connectivity index (χ1n) is 5.82. The maximum Gasteiger partial charge on any atom is 0.406 e. The normalized spacial score (nSPS) is 23.8. The van der Waals surface area contributed by atoms with Crippen LogP contribution in [0.1, 0.15) is 31.4 Å². The van der Waals surface area contributed by atoms with Crippen LogP contribution in [-0.2, 0) is 11.3 Å². The van der Waals surface area contributed by atoms with E-state index in [4.69, 9.17) is 4.74 Å². The van der Waals surface area contributed by atoms with Gasteiger partial charge in [-0.3, -0.25) is 14.3 Å². The molecule has 2 heterocycles. The highest BCUT2D eigenvalue weighted by Gasteiger charge is 2.30. The molecule has 1 N–H and O–H groups in total. The Kier molecular flexibility index (Phi) is 3.53. The molecule has 2 unspecified atom stereocenters. The summed E-state index contributed by atoms with van der Waals surface area (Å²) in [6, 6.07) is 0. The van der Waals surface area contributed by atoms with Crippen molar-refractivity contribution in [3.05, 3.63) is 32.6 Å². The van der Waals surface area contributed by atoms with Gasteiger partial charge in [0.05, 0.1) is 17.8 Å². The van der Waals surface area contributed by atoms with Crippen molar-refractivity contribution >= 4 is 0 Å². The van der Waals surface area contributed by atoms with Crippen LogP contribution < -0.4 is 11.2 Å². The van der Waals surface area contributed by atoms with Gasteiger partial charge in [-0.2, -0.15) is 13.2 Å². The van der Waals surface area contributed by atoms with Crippen LogP contribution in [0, 0.1) is 0 Å². The molecule has 5 nitrogen and oxygen atoms in total. The maximum atomic E-state index is 12.3. The van der Waals surface area contributed by atoms with Crippen LogP contribution in [0.15, 0.2) is 15.8 Å². The Morgan fingerprint density at radius 1 is 1.42 bits per heavy atom. The molecular weight excluding hydrogens is 265 g/mol. The maximum absolute atomic E-state index is 12.3. The summed E-state index contributed by atoms with van der Waals surface area (Å²) in [5.74, 6) is 0. The third kappa shape index (κ3) is 3.25. The van der Waals surface area contributed by atoms with Crippen molar-refractivity contribution in [3.63, 3.8) is 0 Å². The van der Waals surface area contributed by atoms with E-state index in [0.717, 1.165) is 12.6 Å². The van der Waals surface area contributed by atoms with Crippen molar-refractivity contribution in [1.82, 2.24) is 9.55 Å². The van der Waals surface area contributed by atoms with Gasteiger partial charge in [-0.1, -0.05) is 0 Å². The van der Waals surface area contributed by atoms with Gasteiger partial charge in [-0.25, -0.2) is 4.79 Å². The van der Waals surface area contributed by atoms with Gasteiger partial charge in [-0.15, -0.1) is 0 Å². The van der Waals surface area contributed by atoms with Crippen molar-refractivity contribution in [3.8, 4) is 0 Å². The zero-order valence-electron chi connectivity index (χ0n) is 10.2. The van der Waals surface area contributed by atoms with Crippen LogP contribution in [0.2, 0.25) is 0 Å². The number of H-pyrrole nitrogens is 1. The van der Waals surface area contributed by atoms with Gasteiger partial charge >= 0.3 is 11.9 Å². The predicted molar refractivity (Wildman–Crippen MR) is 59.9 cm³/mol. The molecule has 2 rings (SSSR count). The molecule has 1 aliphatic heterocycles. The van der Waals surface area contributed by atoms with E-state index in [0.29, 0.717) is 11.0 Å². The summed E-state index contributed by atoms with van der Waals surface area (Å²) >= 11 is 0. The zero-order chi connectivity index (χ0) is 14.2. The standard InChI is InChI=1S/C11H13F3N2O3/c1-6-2-3-8(19-6)7-4-16(5-11(12,13)14)10(18)15-9(7)17/h4,6,8H,2-3,5H2,1H3,(H,15,17,18). The minimum Gasteiger partial charge on any atom is -0.370 e. The number of aromatic amines is 1. The molecule has 1 saturated heterocycles. The molecule has 1 aromatic rings. The van der Waals surface area contributed by atoms with Crippen LogP contribution in [0.5, 0.6) is 0 Å². The Bertz CT molecular complexity index is 576. The molecule has 0 bridgehead atoms. The zero-order valence-corrected chi connectivity index (χ0v) is 10.2. The van der Waals surface area contributed by atoms with Gasteiger partial charge in [-0.05, 0) is 19.8 Å². The second-order valence-electron chi connectivity index (χ2n) is 4.60. The number of rotatable bonds is 2. The van der Waals surface area contributed by atoms with E-state index in [1.807, 2.05) is 11.9 Å². The highest BCUT2D eigenvalue weighted by Crippen LogP contribution is 2.30. The summed E-state index contributed by atoms with van der Waals surface area (Å²) in [7, 11) is 0. The first kappa shape index (κ1) is 13.9. The molecule has 1 aliphatic rings. The van der Waals surface area contributed by atoms with E-state index in [1.165, 1.54) is 0 Å². The second kappa shape index (κ2) is 4.84. The van der Waals surface area contributed by atoms with E-state index in [9.17, 15) is 22.8 Å². The van der Waals surface area contributed by atoms with Gasteiger partial charge in [0.25, 0.3) is 5.56 Å². The molecule has 0 aliphatic carbocycles. The first-order valence-corrected chi connectivity index (χ1v) is 5.82. The van der Waals surface area contributed by atoms with Crippen LogP contribution in [0.3, 0.4) is 0 Å². The van der Waals surface area contributed by atoms with E-state index in [-0.39, 0.29) is 11.7 Å². The third-order valence-electron chi connectivity index (χ3n) is 2.97. The fraction of sp³-hybridized carbons (Fsp3) is 0.636. The molecule has 0 radical (unpaired) electrons. The van der Waals surface area contributed by atoms with Crippen molar-refractivity contribution in [2.75, 3.05) is 0 Å². The molecule has 2 atom stereocenters. The molecule has 19 heavy (non-hydrogen) atoms. The average Bonchev–Trinajstić information content (AvgIpc) is 2.67. The van der Waals surface area contributed by atoms with Gasteiger partial charge < -0.3 is 4.74 Å². The number of alkyl halides is 3. The Balaban J connectivity index is 2.37. The van der Waals surface area contributed by atoms with E-state index >= 15 is 0 Å². The largest absolute Gasteiger partial charge is 0.406 e. The highest BCUT2D eigenvalue weighted by atomic mass is 19.4. The average molecular weight is 278 g/mol. The predicted octanol–water partition coefficient (Wildman–Crippen LogP) is 1.34. The molecule has 1 fully saturated rings. The third-order valence-corrected chi connectivity index (χ3v) is 2.97. The van der Waals surface area contributed by atoms with Crippen molar-refractivity contribution in [2.24, 2.45) is 0 Å². The summed E-state index contributed by atoms with van der Waals surface area (Å²) in [5, 5.41) is 0. The molecule has 0 saturated carbocycles. The summed E-state index contributed by atoms with van der Waals surface area (Å²) in [6.07, 6.45) is -2.91. The van der Waals surface area contributed by atoms with Gasteiger partial charge in [0.15, 0.2) is 0 Å². The monoisotopic (exact) mass is 278 g/mol. The van der Waals surface area contributed by atoms with Crippen LogP contribution in [0.25, 0.3) is 0 Å². The van der Waals surface area contributed by atoms with Crippen molar-refractivity contribution in [1.29, 1.82) is 0 Å². The molecule has 0 aromatic carbocycles. The highest BCUT2D eigenvalue weighted by molar-refractivity contribution is 5.10. The Hall–Kier alpha value is -1.57. The summed E-state index contributed by atoms with van der Waals surface area (Å²) in [6.45, 7) is 0.387. The summed E-state index contributed by atoms with van der Waals surface area (Å²) in [4.78, 5) is 24.8. The number of nitrogens with zero attached hydrogens (tertiary/aromatic N) is 1. The van der Waals surface area contributed by atoms with E-state index in [1.54, 1.807) is 0 Å². The van der Waals surface area contributed by atoms with Crippen LogP contribution in [-0.4, -0.2) is 21.8 Å². The molecule has 8 heteroatoms. The lowest BCUT2D eigenvalue weighted by Gasteiger charge is -2.13. The molecule has 0 amide bonds. The quantitative estimate of drug-likeness (QED) is 0.887. The van der Waals surface area contributed by atoms with Gasteiger partial charge in [0, 0.05) is 6.20 Å². The molecule has 1 aromatic heterocycles. The molecular formula is C11H13F3N2O3. The Morgan fingerprint density at radius 3 is 2.63 bits per heavy atom. The summed E-state index contributed by atoms with van der Waals surface area (Å²) in [5.41, 5.74) is -1.70. The topological polar surface area (TPSA) is 64.1 Å². The van der Waals surface area contributed by atoms with Crippen molar-refractivity contribution < 1.29 is 17.9 Å². The number of aromatic nitrogens is 2.